The third kappa shape index (κ3) is 3.25. The first kappa shape index (κ1) is 14.3. The molecule has 5 heteroatoms. The van der Waals surface area contributed by atoms with Crippen LogP contribution in [0.5, 0.6) is 0 Å². The first-order valence-corrected chi connectivity index (χ1v) is 8.94. The van der Waals surface area contributed by atoms with Gasteiger partial charge in [0.1, 0.15) is 0 Å². The zero-order valence-electron chi connectivity index (χ0n) is 11.7. The molecule has 0 unspecified atom stereocenters. The van der Waals surface area contributed by atoms with Crippen molar-refractivity contribution < 1.29 is 8.95 Å². The first-order valence-electron chi connectivity index (χ1n) is 7.08. The lowest BCUT2D eigenvalue weighted by Gasteiger charge is -2.45. The lowest BCUT2D eigenvalue weighted by molar-refractivity contribution is -0.113. The number of unbranched alkanes of at least 4 members (excludes halogenated alkanes) is 1. The van der Waals surface area contributed by atoms with Gasteiger partial charge in [-0.2, -0.15) is 0 Å². The Hall–Kier alpha value is -0.130. The van der Waals surface area contributed by atoms with E-state index in [0.29, 0.717) is 11.5 Å². The van der Waals surface area contributed by atoms with Gasteiger partial charge in [0.2, 0.25) is 0 Å². The molecule has 0 N–H and O–H groups in total. The molecule has 106 valence electrons. The van der Waals surface area contributed by atoms with Crippen molar-refractivity contribution in [1.82, 2.24) is 4.90 Å². The quantitative estimate of drug-likeness (QED) is 0.787. The summed E-state index contributed by atoms with van der Waals surface area (Å²) < 4.78 is 22.3. The van der Waals surface area contributed by atoms with Crippen molar-refractivity contribution >= 4 is 9.73 Å². The van der Waals surface area contributed by atoms with E-state index in [1.807, 2.05) is 0 Å². The van der Waals surface area contributed by atoms with Crippen LogP contribution in [-0.4, -0.2) is 59.5 Å². The van der Waals surface area contributed by atoms with Crippen LogP contribution in [0.3, 0.4) is 0 Å². The smallest absolute Gasteiger partial charge is 0.0827 e. The molecule has 2 aliphatic rings. The maximum Gasteiger partial charge on any atom is 0.0827 e. The van der Waals surface area contributed by atoms with Crippen LogP contribution in [0.15, 0.2) is 4.36 Å². The molecule has 2 fully saturated rings. The van der Waals surface area contributed by atoms with Gasteiger partial charge in [-0.05, 0) is 25.8 Å². The van der Waals surface area contributed by atoms with Gasteiger partial charge in [-0.3, -0.25) is 4.90 Å². The molecule has 0 radical (unpaired) electrons. The largest absolute Gasteiger partial charge is 0.372 e. The van der Waals surface area contributed by atoms with Crippen molar-refractivity contribution in [2.75, 3.05) is 44.8 Å². The van der Waals surface area contributed by atoms with E-state index in [4.69, 9.17) is 4.74 Å². The minimum absolute atomic E-state index is 0.0302. The molecular weight excluding hydrogens is 248 g/mol. The molecule has 4 nitrogen and oxygen atoms in total. The number of hydrogen-bond donors (Lipinski definition) is 0. The predicted molar refractivity (Wildman–Crippen MR) is 75.5 cm³/mol. The van der Waals surface area contributed by atoms with E-state index in [0.717, 1.165) is 32.5 Å². The molecule has 0 aromatic heterocycles. The highest BCUT2D eigenvalue weighted by Crippen LogP contribution is 2.31. The average Bonchev–Trinajstić information content (AvgIpc) is 2.41. The summed E-state index contributed by atoms with van der Waals surface area (Å²) >= 11 is 0. The summed E-state index contributed by atoms with van der Waals surface area (Å²) in [7, 11) is -0.221. The van der Waals surface area contributed by atoms with Crippen LogP contribution >= 0.6 is 0 Å². The highest BCUT2D eigenvalue weighted by Gasteiger charge is 2.40. The van der Waals surface area contributed by atoms with Gasteiger partial charge >= 0.3 is 0 Å². The zero-order valence-corrected chi connectivity index (χ0v) is 12.5. The second kappa shape index (κ2) is 5.88. The average molecular weight is 274 g/mol. The molecule has 0 amide bonds. The van der Waals surface area contributed by atoms with E-state index in [2.05, 4.69) is 16.2 Å². The second-order valence-electron chi connectivity index (χ2n) is 5.52. The van der Waals surface area contributed by atoms with Crippen LogP contribution in [0.1, 0.15) is 32.6 Å². The molecule has 2 aliphatic heterocycles. The molecule has 0 bridgehead atoms. The summed E-state index contributed by atoms with van der Waals surface area (Å²) in [6.07, 6.45) is 4.32. The van der Waals surface area contributed by atoms with Crippen LogP contribution < -0.4 is 0 Å². The Balaban J connectivity index is 1.94. The van der Waals surface area contributed by atoms with Crippen molar-refractivity contribution in [3.8, 4) is 0 Å². The van der Waals surface area contributed by atoms with E-state index in [9.17, 15) is 4.21 Å². The fourth-order valence-corrected chi connectivity index (χ4v) is 4.85. The topological polar surface area (TPSA) is 41.9 Å². The van der Waals surface area contributed by atoms with Crippen LogP contribution in [0, 0.1) is 0 Å². The van der Waals surface area contributed by atoms with Gasteiger partial charge in [-0.1, -0.05) is 13.3 Å². The van der Waals surface area contributed by atoms with Gasteiger partial charge in [-0.15, -0.1) is 0 Å². The molecule has 2 heterocycles. The van der Waals surface area contributed by atoms with E-state index < -0.39 is 9.73 Å². The summed E-state index contributed by atoms with van der Waals surface area (Å²) in [5.74, 6) is 1.43. The fraction of sp³-hybridized carbons (Fsp3) is 1.00. The third-order valence-corrected chi connectivity index (χ3v) is 6.59. The highest BCUT2D eigenvalue weighted by molar-refractivity contribution is 7.93. The summed E-state index contributed by atoms with van der Waals surface area (Å²) in [6.45, 7) is 6.31. The van der Waals surface area contributed by atoms with Gasteiger partial charge in [0.05, 0.1) is 12.2 Å². The molecule has 0 aromatic rings. The van der Waals surface area contributed by atoms with Crippen LogP contribution in [0.4, 0.5) is 0 Å². The van der Waals surface area contributed by atoms with Crippen LogP contribution in [-0.2, 0) is 14.5 Å². The van der Waals surface area contributed by atoms with Crippen molar-refractivity contribution in [2.24, 2.45) is 4.36 Å². The number of rotatable bonds is 3. The SMILES string of the molecule is CCCCN1CCOC2(CCS(=O)(=NC)CC2)C1. The minimum Gasteiger partial charge on any atom is -0.372 e. The third-order valence-electron chi connectivity index (χ3n) is 4.24. The molecule has 18 heavy (non-hydrogen) atoms. The van der Waals surface area contributed by atoms with Gasteiger partial charge in [0.25, 0.3) is 0 Å². The molecule has 0 saturated carbocycles. The predicted octanol–water partition coefficient (Wildman–Crippen LogP) is 1.75. The Bertz CT molecular complexity index is 374. The monoisotopic (exact) mass is 274 g/mol. The van der Waals surface area contributed by atoms with Gasteiger partial charge < -0.3 is 4.74 Å². The first-order chi connectivity index (χ1) is 8.61. The van der Waals surface area contributed by atoms with Gasteiger partial charge in [0.15, 0.2) is 0 Å². The molecule has 2 rings (SSSR count). The summed E-state index contributed by atoms with van der Waals surface area (Å²) in [6, 6.07) is 0. The molecule has 0 aromatic carbocycles. The summed E-state index contributed by atoms with van der Waals surface area (Å²) in [4.78, 5) is 2.52. The fourth-order valence-electron chi connectivity index (χ4n) is 2.90. The zero-order chi connectivity index (χ0) is 13.1. The van der Waals surface area contributed by atoms with Crippen molar-refractivity contribution in [1.29, 1.82) is 0 Å². The number of morpholine rings is 1. The Kier molecular flexibility index (Phi) is 4.67. The van der Waals surface area contributed by atoms with Crippen molar-refractivity contribution in [3.63, 3.8) is 0 Å². The lowest BCUT2D eigenvalue weighted by Crippen LogP contribution is -2.55. The second-order valence-corrected chi connectivity index (χ2v) is 8.25. The van der Waals surface area contributed by atoms with Crippen molar-refractivity contribution in [3.05, 3.63) is 0 Å². The molecule has 0 aliphatic carbocycles. The molecular formula is C13H26N2O2S. The summed E-state index contributed by atoms with van der Waals surface area (Å²) in [5.41, 5.74) is -0.0302. The minimum atomic E-state index is -1.91. The summed E-state index contributed by atoms with van der Waals surface area (Å²) in [5, 5.41) is 0. The Morgan fingerprint density at radius 2 is 2.11 bits per heavy atom. The lowest BCUT2D eigenvalue weighted by atomic mass is 9.94. The Morgan fingerprint density at radius 3 is 2.72 bits per heavy atom. The van der Waals surface area contributed by atoms with Gasteiger partial charge in [-0.25, -0.2) is 8.57 Å². The standard InChI is InChI=1S/C13H26N2O2S/c1-3-4-7-15-8-9-17-13(12-15)5-10-18(16,14-2)11-6-13/h3-12H2,1-2H3. The van der Waals surface area contributed by atoms with Crippen LogP contribution in [0.25, 0.3) is 0 Å². The number of ether oxygens (including phenoxy) is 1. The van der Waals surface area contributed by atoms with Crippen molar-refractivity contribution in [2.45, 2.75) is 38.2 Å². The molecule has 2 saturated heterocycles. The number of nitrogens with zero attached hydrogens (tertiary/aromatic N) is 2. The maximum absolute atomic E-state index is 12.2. The van der Waals surface area contributed by atoms with E-state index in [-0.39, 0.29) is 5.60 Å². The Labute approximate surface area is 111 Å². The van der Waals surface area contributed by atoms with E-state index >= 15 is 0 Å². The van der Waals surface area contributed by atoms with Crippen LogP contribution in [0.2, 0.25) is 0 Å². The molecule has 1 spiro atoms. The van der Waals surface area contributed by atoms with Gasteiger partial charge in [0, 0.05) is 41.4 Å². The molecule has 0 atom stereocenters. The maximum atomic E-state index is 12.2. The normalized spacial score (nSPS) is 37.9. The van der Waals surface area contributed by atoms with E-state index in [1.54, 1.807) is 7.05 Å². The Morgan fingerprint density at radius 1 is 1.39 bits per heavy atom. The number of hydrogen-bond acceptors (Lipinski definition) is 4. The van der Waals surface area contributed by atoms with E-state index in [1.165, 1.54) is 19.4 Å². The highest BCUT2D eigenvalue weighted by atomic mass is 32.2.